The van der Waals surface area contributed by atoms with Crippen molar-refractivity contribution in [3.8, 4) is 0 Å². The Hall–Kier alpha value is -0.300. The predicted octanol–water partition coefficient (Wildman–Crippen LogP) is 2.29. The number of nitrogens with one attached hydrogen (secondary N) is 2. The highest BCUT2D eigenvalue weighted by Crippen LogP contribution is 2.17. The van der Waals surface area contributed by atoms with Gasteiger partial charge in [-0.2, -0.15) is 0 Å². The lowest BCUT2D eigenvalue weighted by Crippen LogP contribution is -2.41. The third kappa shape index (κ3) is 4.12. The highest BCUT2D eigenvalue weighted by molar-refractivity contribution is 9.10. The molecule has 0 aromatic heterocycles. The fourth-order valence-corrected chi connectivity index (χ4v) is 2.88. The zero-order valence-electron chi connectivity index (χ0n) is 9.41. The van der Waals surface area contributed by atoms with Crippen LogP contribution in [0, 0.1) is 5.82 Å². The van der Waals surface area contributed by atoms with Crippen LogP contribution < -0.4 is 10.6 Å². The maximum Gasteiger partial charge on any atom is 0.238 e. The summed E-state index contributed by atoms with van der Waals surface area (Å²) in [6, 6.07) is 4.30. The molecule has 0 saturated carbocycles. The Morgan fingerprint density at radius 3 is 3.06 bits per heavy atom. The first kappa shape index (κ1) is 15.8. The molecule has 0 bridgehead atoms. The molecule has 3 nitrogen and oxygen atoms in total. The van der Waals surface area contributed by atoms with Crippen LogP contribution >= 0.6 is 40.1 Å². The third-order valence-corrected chi connectivity index (χ3v) is 4.21. The zero-order chi connectivity index (χ0) is 12.3. The molecule has 0 radical (unpaired) electrons. The molecule has 1 aromatic carbocycles. The molecule has 1 fully saturated rings. The SMILES string of the molecule is Cl.O=C(NCc1cc(F)ccc1Br)C1CSCN1. The molecular formula is C11H13BrClFN2OS. The van der Waals surface area contributed by atoms with E-state index in [2.05, 4.69) is 26.6 Å². The van der Waals surface area contributed by atoms with Crippen LogP contribution in [-0.2, 0) is 11.3 Å². The Kier molecular flexibility index (Phi) is 6.42. The number of carbonyl (C=O) groups excluding carboxylic acids is 1. The molecule has 0 spiro atoms. The van der Waals surface area contributed by atoms with E-state index in [0.717, 1.165) is 21.7 Å². The molecule has 2 N–H and O–H groups in total. The average Bonchev–Trinajstić information content (AvgIpc) is 2.83. The van der Waals surface area contributed by atoms with E-state index < -0.39 is 0 Å². The van der Waals surface area contributed by atoms with E-state index in [1.165, 1.54) is 12.1 Å². The summed E-state index contributed by atoms with van der Waals surface area (Å²) >= 11 is 5.02. The van der Waals surface area contributed by atoms with Crippen molar-refractivity contribution in [3.05, 3.63) is 34.1 Å². The van der Waals surface area contributed by atoms with E-state index in [4.69, 9.17) is 0 Å². The molecule has 1 aromatic rings. The lowest BCUT2D eigenvalue weighted by Gasteiger charge is -2.11. The molecule has 1 unspecified atom stereocenters. The van der Waals surface area contributed by atoms with Gasteiger partial charge in [-0.1, -0.05) is 15.9 Å². The number of hydrogen-bond acceptors (Lipinski definition) is 3. The van der Waals surface area contributed by atoms with Gasteiger partial charge in [-0.15, -0.1) is 24.2 Å². The minimum atomic E-state index is -0.299. The number of benzene rings is 1. The van der Waals surface area contributed by atoms with Crippen LogP contribution in [0.5, 0.6) is 0 Å². The van der Waals surface area contributed by atoms with E-state index in [1.54, 1.807) is 17.8 Å². The van der Waals surface area contributed by atoms with E-state index in [0.29, 0.717) is 6.54 Å². The van der Waals surface area contributed by atoms with Crippen molar-refractivity contribution in [3.63, 3.8) is 0 Å². The first-order valence-corrected chi connectivity index (χ1v) is 7.14. The van der Waals surface area contributed by atoms with E-state index >= 15 is 0 Å². The van der Waals surface area contributed by atoms with Gasteiger partial charge in [0.1, 0.15) is 5.82 Å². The van der Waals surface area contributed by atoms with Crippen molar-refractivity contribution in [2.75, 3.05) is 11.6 Å². The summed E-state index contributed by atoms with van der Waals surface area (Å²) in [5, 5.41) is 5.88. The fourth-order valence-electron chi connectivity index (χ4n) is 1.55. The van der Waals surface area contributed by atoms with Crippen LogP contribution in [0.3, 0.4) is 0 Å². The topological polar surface area (TPSA) is 41.1 Å². The summed E-state index contributed by atoms with van der Waals surface area (Å²) < 4.78 is 13.8. The fraction of sp³-hybridized carbons (Fsp3) is 0.364. The molecule has 1 atom stereocenters. The summed E-state index contributed by atoms with van der Waals surface area (Å²) in [5.74, 6) is 1.26. The summed E-state index contributed by atoms with van der Waals surface area (Å²) in [6.45, 7) is 0.333. The lowest BCUT2D eigenvalue weighted by atomic mass is 10.2. The number of hydrogen-bond donors (Lipinski definition) is 2. The van der Waals surface area contributed by atoms with Gasteiger partial charge in [0.2, 0.25) is 5.91 Å². The van der Waals surface area contributed by atoms with Crippen molar-refractivity contribution in [1.82, 2.24) is 10.6 Å². The Morgan fingerprint density at radius 2 is 2.39 bits per heavy atom. The van der Waals surface area contributed by atoms with E-state index in [-0.39, 0.29) is 30.2 Å². The van der Waals surface area contributed by atoms with Crippen molar-refractivity contribution in [2.24, 2.45) is 0 Å². The summed E-state index contributed by atoms with van der Waals surface area (Å²) in [4.78, 5) is 11.7. The van der Waals surface area contributed by atoms with Crippen molar-refractivity contribution in [1.29, 1.82) is 0 Å². The van der Waals surface area contributed by atoms with Gasteiger partial charge in [-0.05, 0) is 23.8 Å². The van der Waals surface area contributed by atoms with Crippen LogP contribution in [0.25, 0.3) is 0 Å². The molecule has 1 aliphatic heterocycles. The minimum Gasteiger partial charge on any atom is -0.351 e. The van der Waals surface area contributed by atoms with Gasteiger partial charge in [0.05, 0.1) is 6.04 Å². The normalized spacial score (nSPS) is 18.2. The molecule has 2 rings (SSSR count). The van der Waals surface area contributed by atoms with E-state index in [9.17, 15) is 9.18 Å². The monoisotopic (exact) mass is 354 g/mol. The molecule has 0 aliphatic carbocycles. The number of halogens is 3. The number of thioether (sulfide) groups is 1. The van der Waals surface area contributed by atoms with E-state index in [1.807, 2.05) is 0 Å². The van der Waals surface area contributed by atoms with Gasteiger partial charge < -0.3 is 5.32 Å². The zero-order valence-corrected chi connectivity index (χ0v) is 12.6. The van der Waals surface area contributed by atoms with Gasteiger partial charge in [0.25, 0.3) is 0 Å². The second-order valence-corrected chi connectivity index (χ2v) is 5.61. The molecule has 7 heteroatoms. The number of carbonyl (C=O) groups is 1. The van der Waals surface area contributed by atoms with Crippen LogP contribution in [0.2, 0.25) is 0 Å². The van der Waals surface area contributed by atoms with Crippen molar-refractivity contribution in [2.45, 2.75) is 12.6 Å². The quantitative estimate of drug-likeness (QED) is 0.874. The Labute approximate surface area is 124 Å². The smallest absolute Gasteiger partial charge is 0.238 e. The molecule has 1 amide bonds. The van der Waals surface area contributed by atoms with Crippen LogP contribution in [0.1, 0.15) is 5.56 Å². The molecule has 1 saturated heterocycles. The minimum absolute atomic E-state index is 0. The second kappa shape index (κ2) is 7.33. The lowest BCUT2D eigenvalue weighted by molar-refractivity contribution is -0.122. The summed E-state index contributed by atoms with van der Waals surface area (Å²) in [5.41, 5.74) is 0.740. The van der Waals surface area contributed by atoms with Gasteiger partial charge in [-0.25, -0.2) is 4.39 Å². The summed E-state index contributed by atoms with van der Waals surface area (Å²) in [7, 11) is 0. The Bertz CT molecular complexity index is 430. The van der Waals surface area contributed by atoms with Crippen molar-refractivity contribution >= 4 is 46.0 Å². The van der Waals surface area contributed by atoms with Gasteiger partial charge in [0.15, 0.2) is 0 Å². The average molecular weight is 356 g/mol. The first-order chi connectivity index (χ1) is 8.16. The molecular weight excluding hydrogens is 343 g/mol. The maximum absolute atomic E-state index is 13.0. The molecule has 1 aliphatic rings. The van der Waals surface area contributed by atoms with Gasteiger partial charge in [0, 0.05) is 22.6 Å². The van der Waals surface area contributed by atoms with Gasteiger partial charge in [-0.3, -0.25) is 10.1 Å². The van der Waals surface area contributed by atoms with Crippen LogP contribution in [0.4, 0.5) is 4.39 Å². The first-order valence-electron chi connectivity index (χ1n) is 5.19. The summed E-state index contributed by atoms with van der Waals surface area (Å²) in [6.07, 6.45) is 0. The van der Waals surface area contributed by atoms with Crippen molar-refractivity contribution < 1.29 is 9.18 Å². The number of rotatable bonds is 3. The molecule has 1 heterocycles. The predicted molar refractivity (Wildman–Crippen MR) is 77.4 cm³/mol. The maximum atomic E-state index is 13.0. The largest absolute Gasteiger partial charge is 0.351 e. The highest BCUT2D eigenvalue weighted by Gasteiger charge is 2.22. The van der Waals surface area contributed by atoms with Gasteiger partial charge >= 0.3 is 0 Å². The van der Waals surface area contributed by atoms with Crippen LogP contribution in [0.15, 0.2) is 22.7 Å². The molecule has 18 heavy (non-hydrogen) atoms. The molecule has 100 valence electrons. The van der Waals surface area contributed by atoms with Crippen LogP contribution in [-0.4, -0.2) is 23.6 Å². The Morgan fingerprint density at radius 1 is 1.61 bits per heavy atom. The Balaban J connectivity index is 0.00000162. The third-order valence-electron chi connectivity index (χ3n) is 2.49. The number of amides is 1. The second-order valence-electron chi connectivity index (χ2n) is 3.73. The highest BCUT2D eigenvalue weighted by atomic mass is 79.9. The standard InChI is InChI=1S/C11H12BrFN2OS.ClH/c12-9-2-1-8(13)3-7(9)4-14-11(16)10-5-17-6-15-10;/h1-3,10,15H,4-6H2,(H,14,16);1H.